The van der Waals surface area contributed by atoms with E-state index in [1.165, 1.54) is 0 Å². The highest BCUT2D eigenvalue weighted by Gasteiger charge is 2.10. The van der Waals surface area contributed by atoms with Gasteiger partial charge in [0.15, 0.2) is 0 Å². The molecule has 0 aromatic carbocycles. The average Bonchev–Trinajstić information content (AvgIpc) is 2.13. The Labute approximate surface area is 87.3 Å². The molecule has 4 nitrogen and oxygen atoms in total. The number of terminal acetylenes is 1. The Hall–Kier alpha value is -0.860. The third kappa shape index (κ3) is 6.63. The molecule has 0 aromatic heterocycles. The van der Waals surface area contributed by atoms with E-state index in [0.717, 1.165) is 0 Å². The van der Waals surface area contributed by atoms with Gasteiger partial charge < -0.3 is 10.6 Å². The SMILES string of the molecule is C#CCNC(=O)C(C)NCCS(C)=O. The molecule has 0 aromatic rings. The maximum Gasteiger partial charge on any atom is 0.237 e. The van der Waals surface area contributed by atoms with Crippen molar-refractivity contribution in [1.82, 2.24) is 10.6 Å². The molecule has 2 unspecified atom stereocenters. The molecule has 14 heavy (non-hydrogen) atoms. The largest absolute Gasteiger partial charge is 0.344 e. The standard InChI is InChI=1S/C9H16N2O2S/c1-4-5-11-9(12)8(2)10-6-7-14(3)13/h1,8,10H,5-7H2,2-3H3,(H,11,12). The van der Waals surface area contributed by atoms with Crippen LogP contribution < -0.4 is 10.6 Å². The van der Waals surface area contributed by atoms with E-state index in [9.17, 15) is 9.00 Å². The van der Waals surface area contributed by atoms with Gasteiger partial charge in [0.2, 0.25) is 5.91 Å². The summed E-state index contributed by atoms with van der Waals surface area (Å²) in [6.07, 6.45) is 6.62. The van der Waals surface area contributed by atoms with Crippen LogP contribution in [0.4, 0.5) is 0 Å². The van der Waals surface area contributed by atoms with Crippen LogP contribution in [0.15, 0.2) is 0 Å². The van der Waals surface area contributed by atoms with Crippen molar-refractivity contribution in [1.29, 1.82) is 0 Å². The lowest BCUT2D eigenvalue weighted by atomic mass is 10.3. The highest BCUT2D eigenvalue weighted by molar-refractivity contribution is 7.84. The lowest BCUT2D eigenvalue weighted by Crippen LogP contribution is -2.43. The van der Waals surface area contributed by atoms with E-state index >= 15 is 0 Å². The lowest BCUT2D eigenvalue weighted by Gasteiger charge is -2.11. The Morgan fingerprint density at radius 2 is 2.29 bits per heavy atom. The van der Waals surface area contributed by atoms with Gasteiger partial charge in [-0.15, -0.1) is 6.42 Å². The van der Waals surface area contributed by atoms with Crippen LogP contribution in [-0.4, -0.2) is 41.3 Å². The minimum absolute atomic E-state index is 0.134. The summed E-state index contributed by atoms with van der Waals surface area (Å²) in [5, 5.41) is 5.51. The molecule has 0 bridgehead atoms. The van der Waals surface area contributed by atoms with E-state index in [4.69, 9.17) is 6.42 Å². The first-order valence-corrected chi connectivity index (χ1v) is 6.05. The maximum atomic E-state index is 11.2. The molecule has 0 heterocycles. The van der Waals surface area contributed by atoms with Crippen LogP contribution in [0.25, 0.3) is 0 Å². The van der Waals surface area contributed by atoms with Crippen LogP contribution in [0.2, 0.25) is 0 Å². The summed E-state index contributed by atoms with van der Waals surface area (Å²) in [4.78, 5) is 11.2. The van der Waals surface area contributed by atoms with Crippen LogP contribution in [-0.2, 0) is 15.6 Å². The minimum atomic E-state index is -0.827. The van der Waals surface area contributed by atoms with Crippen LogP contribution >= 0.6 is 0 Å². The molecule has 0 fully saturated rings. The molecule has 2 N–H and O–H groups in total. The van der Waals surface area contributed by atoms with Crippen molar-refractivity contribution in [2.75, 3.05) is 25.1 Å². The fourth-order valence-electron chi connectivity index (χ4n) is 0.803. The van der Waals surface area contributed by atoms with Crippen molar-refractivity contribution in [2.45, 2.75) is 13.0 Å². The van der Waals surface area contributed by atoms with Crippen molar-refractivity contribution in [2.24, 2.45) is 0 Å². The zero-order valence-electron chi connectivity index (χ0n) is 8.50. The molecule has 1 amide bonds. The highest BCUT2D eigenvalue weighted by Crippen LogP contribution is 1.81. The first-order valence-electron chi connectivity index (χ1n) is 4.32. The van der Waals surface area contributed by atoms with Crippen LogP contribution in [0.5, 0.6) is 0 Å². The van der Waals surface area contributed by atoms with E-state index in [2.05, 4.69) is 16.6 Å². The quantitative estimate of drug-likeness (QED) is 0.565. The number of rotatable bonds is 6. The normalized spacial score (nSPS) is 14.1. The molecule has 0 rings (SSSR count). The van der Waals surface area contributed by atoms with Gasteiger partial charge in [-0.2, -0.15) is 0 Å². The fourth-order valence-corrected chi connectivity index (χ4v) is 1.21. The van der Waals surface area contributed by atoms with Gasteiger partial charge in [0.05, 0.1) is 12.6 Å². The summed E-state index contributed by atoms with van der Waals surface area (Å²) in [6, 6.07) is -0.299. The zero-order chi connectivity index (χ0) is 11.0. The molecule has 80 valence electrons. The summed E-state index contributed by atoms with van der Waals surface area (Å²) < 4.78 is 10.7. The molecule has 0 spiro atoms. The summed E-state index contributed by atoms with van der Waals surface area (Å²) >= 11 is 0. The first-order chi connectivity index (χ1) is 6.57. The smallest absolute Gasteiger partial charge is 0.237 e. The third-order valence-corrected chi connectivity index (χ3v) is 2.38. The van der Waals surface area contributed by atoms with Crippen molar-refractivity contribution in [3.05, 3.63) is 0 Å². The van der Waals surface area contributed by atoms with Crippen molar-refractivity contribution < 1.29 is 9.00 Å². The van der Waals surface area contributed by atoms with Gasteiger partial charge in [0, 0.05) is 29.4 Å². The second-order valence-electron chi connectivity index (χ2n) is 2.88. The second kappa shape index (κ2) is 7.54. The van der Waals surface area contributed by atoms with Gasteiger partial charge in [0.1, 0.15) is 0 Å². The van der Waals surface area contributed by atoms with Crippen LogP contribution in [0, 0.1) is 12.3 Å². The van der Waals surface area contributed by atoms with E-state index in [1.807, 2.05) is 0 Å². The highest BCUT2D eigenvalue weighted by atomic mass is 32.2. The molecule has 5 heteroatoms. The van der Waals surface area contributed by atoms with Gasteiger partial charge in [-0.3, -0.25) is 9.00 Å². The summed E-state index contributed by atoms with van der Waals surface area (Å²) in [5.74, 6) is 2.73. The van der Waals surface area contributed by atoms with E-state index in [1.54, 1.807) is 13.2 Å². The van der Waals surface area contributed by atoms with E-state index in [0.29, 0.717) is 12.3 Å². The Morgan fingerprint density at radius 1 is 1.64 bits per heavy atom. The lowest BCUT2D eigenvalue weighted by molar-refractivity contribution is -0.122. The second-order valence-corrected chi connectivity index (χ2v) is 4.43. The molecule has 0 aliphatic heterocycles. The minimum Gasteiger partial charge on any atom is -0.344 e. The molecular weight excluding hydrogens is 200 g/mol. The van der Waals surface area contributed by atoms with Crippen molar-refractivity contribution in [3.63, 3.8) is 0 Å². The summed E-state index contributed by atoms with van der Waals surface area (Å²) in [5.41, 5.74) is 0. The Kier molecular flexibility index (Phi) is 7.07. The van der Waals surface area contributed by atoms with Crippen molar-refractivity contribution >= 4 is 16.7 Å². The first kappa shape index (κ1) is 13.1. The Morgan fingerprint density at radius 3 is 2.79 bits per heavy atom. The molecule has 0 radical (unpaired) electrons. The third-order valence-electron chi connectivity index (χ3n) is 1.60. The molecule has 0 saturated heterocycles. The van der Waals surface area contributed by atoms with Gasteiger partial charge >= 0.3 is 0 Å². The van der Waals surface area contributed by atoms with Gasteiger partial charge in [0.25, 0.3) is 0 Å². The van der Waals surface area contributed by atoms with E-state index < -0.39 is 10.8 Å². The fraction of sp³-hybridized carbons (Fsp3) is 0.667. The maximum absolute atomic E-state index is 11.2. The number of carbonyl (C=O) groups excluding carboxylic acids is 1. The summed E-state index contributed by atoms with van der Waals surface area (Å²) in [7, 11) is -0.827. The number of nitrogens with one attached hydrogen (secondary N) is 2. The predicted molar refractivity (Wildman–Crippen MR) is 58.2 cm³/mol. The molecule has 0 saturated carbocycles. The predicted octanol–water partition coefficient (Wildman–Crippen LogP) is -0.908. The average molecular weight is 216 g/mol. The van der Waals surface area contributed by atoms with E-state index in [-0.39, 0.29) is 18.5 Å². The topological polar surface area (TPSA) is 58.2 Å². The summed E-state index contributed by atoms with van der Waals surface area (Å²) in [6.45, 7) is 2.54. The number of hydrogen-bond acceptors (Lipinski definition) is 3. The molecule has 0 aliphatic carbocycles. The van der Waals surface area contributed by atoms with Gasteiger partial charge in [-0.25, -0.2) is 0 Å². The van der Waals surface area contributed by atoms with Gasteiger partial charge in [-0.1, -0.05) is 5.92 Å². The number of amides is 1. The van der Waals surface area contributed by atoms with Crippen LogP contribution in [0.1, 0.15) is 6.92 Å². The Balaban J connectivity index is 3.63. The number of carbonyl (C=O) groups is 1. The van der Waals surface area contributed by atoms with Crippen molar-refractivity contribution in [3.8, 4) is 12.3 Å². The Bertz CT molecular complexity index is 248. The molecule has 2 atom stereocenters. The number of hydrogen-bond donors (Lipinski definition) is 2. The zero-order valence-corrected chi connectivity index (χ0v) is 9.32. The molecule has 0 aliphatic rings. The van der Waals surface area contributed by atoms with Gasteiger partial charge in [-0.05, 0) is 6.92 Å². The monoisotopic (exact) mass is 216 g/mol. The molecular formula is C9H16N2O2S. The van der Waals surface area contributed by atoms with Crippen LogP contribution in [0.3, 0.4) is 0 Å².